The van der Waals surface area contributed by atoms with Crippen LogP contribution in [-0.4, -0.2) is 53.3 Å². The quantitative estimate of drug-likeness (QED) is 0.556. The first kappa shape index (κ1) is 21.2. The Bertz CT molecular complexity index is 847. The van der Waals surface area contributed by atoms with Crippen molar-refractivity contribution in [2.24, 2.45) is 0 Å². The third-order valence-corrected chi connectivity index (χ3v) is 7.32. The molecular weight excluding hydrogens is 398 g/mol. The second-order valence-electron chi connectivity index (χ2n) is 8.66. The van der Waals surface area contributed by atoms with Gasteiger partial charge in [-0.3, -0.25) is 4.79 Å². The Morgan fingerprint density at radius 1 is 1.07 bits per heavy atom. The predicted molar refractivity (Wildman–Crippen MR) is 118 cm³/mol. The van der Waals surface area contributed by atoms with Gasteiger partial charge < -0.3 is 10.7 Å². The molecule has 2 aliphatic rings. The molecule has 2 N–H and O–H groups in total. The normalized spacial score (nSPS) is 18.6. The summed E-state index contributed by atoms with van der Waals surface area (Å²) in [5.41, 5.74) is 1.84. The van der Waals surface area contributed by atoms with Gasteiger partial charge in [-0.05, 0) is 45.6 Å². The fraction of sp³-hybridized carbons (Fsp3) is 0.714. The van der Waals surface area contributed by atoms with Crippen molar-refractivity contribution >= 4 is 17.7 Å². The third kappa shape index (κ3) is 4.50. The topological polar surface area (TPSA) is 94.9 Å². The first-order valence-corrected chi connectivity index (χ1v) is 12.2. The average Bonchev–Trinajstić information content (AvgIpc) is 3.28. The molecule has 0 radical (unpaired) electrons. The minimum absolute atomic E-state index is 0.217. The molecule has 2 aromatic heterocycles. The van der Waals surface area contributed by atoms with Gasteiger partial charge in [0, 0.05) is 17.8 Å². The fourth-order valence-corrected chi connectivity index (χ4v) is 5.69. The maximum atomic E-state index is 13.3. The van der Waals surface area contributed by atoms with Crippen LogP contribution >= 0.6 is 11.8 Å². The highest BCUT2D eigenvalue weighted by Crippen LogP contribution is 2.31. The number of rotatable bonds is 6. The van der Waals surface area contributed by atoms with E-state index in [-0.39, 0.29) is 5.91 Å². The summed E-state index contributed by atoms with van der Waals surface area (Å²) in [5.74, 6) is 7.28. The van der Waals surface area contributed by atoms with Crippen LogP contribution in [0.25, 0.3) is 5.95 Å². The van der Waals surface area contributed by atoms with Crippen molar-refractivity contribution in [1.29, 1.82) is 0 Å². The van der Waals surface area contributed by atoms with Crippen molar-refractivity contribution < 1.29 is 4.79 Å². The molecule has 0 aliphatic heterocycles. The molecule has 2 heterocycles. The molecule has 0 atom stereocenters. The van der Waals surface area contributed by atoms with Gasteiger partial charge in [0.1, 0.15) is 0 Å². The zero-order chi connectivity index (χ0) is 21.1. The van der Waals surface area contributed by atoms with Crippen molar-refractivity contribution in [1.82, 2.24) is 29.6 Å². The Morgan fingerprint density at radius 2 is 1.67 bits per heavy atom. The number of nitrogens with two attached hydrogens (primary N) is 1. The second-order valence-corrected chi connectivity index (χ2v) is 9.61. The number of aromatic nitrogens is 5. The van der Waals surface area contributed by atoms with Crippen LogP contribution in [0.15, 0.2) is 11.2 Å². The van der Waals surface area contributed by atoms with Crippen LogP contribution in [0, 0.1) is 13.8 Å². The van der Waals surface area contributed by atoms with E-state index in [1.807, 2.05) is 19.9 Å². The number of aryl methyl sites for hydroxylation is 2. The Balaban J connectivity index is 1.46. The summed E-state index contributed by atoms with van der Waals surface area (Å²) < 4.78 is 3.12. The van der Waals surface area contributed by atoms with Gasteiger partial charge in [-0.25, -0.2) is 9.36 Å². The molecular formula is C21H33N7OS. The van der Waals surface area contributed by atoms with E-state index in [1.165, 1.54) is 55.0 Å². The van der Waals surface area contributed by atoms with Crippen LogP contribution in [0.3, 0.4) is 0 Å². The summed E-state index contributed by atoms with van der Waals surface area (Å²) in [6, 6.07) is 2.77. The van der Waals surface area contributed by atoms with E-state index in [4.69, 9.17) is 5.84 Å². The lowest BCUT2D eigenvalue weighted by Gasteiger charge is -2.41. The molecule has 0 spiro atoms. The number of hydrogen-bond acceptors (Lipinski definition) is 6. The molecule has 164 valence electrons. The molecule has 2 saturated carbocycles. The predicted octanol–water partition coefficient (Wildman–Crippen LogP) is 3.38. The van der Waals surface area contributed by atoms with Crippen molar-refractivity contribution in [3.63, 3.8) is 0 Å². The van der Waals surface area contributed by atoms with Crippen molar-refractivity contribution in [2.45, 2.75) is 95.3 Å². The van der Waals surface area contributed by atoms with E-state index in [9.17, 15) is 4.79 Å². The number of carbonyl (C=O) groups excluding carboxylic acids is 1. The second kappa shape index (κ2) is 9.41. The monoisotopic (exact) mass is 431 g/mol. The highest BCUT2D eigenvalue weighted by atomic mass is 32.2. The molecule has 0 saturated heterocycles. The van der Waals surface area contributed by atoms with E-state index < -0.39 is 0 Å². The van der Waals surface area contributed by atoms with E-state index in [1.54, 1.807) is 4.68 Å². The standard InChI is InChI=1S/C21H33N7OS/c1-15-13-16(2)28(25-15)20-23-24-21(27(20)22)30-14-19(29)26(17-9-5-3-6-10-17)18-11-7-4-8-12-18/h13,17-18H,3-12,14,22H2,1-2H3. The largest absolute Gasteiger partial charge is 0.336 e. The van der Waals surface area contributed by atoms with Gasteiger partial charge in [0.05, 0.1) is 11.4 Å². The van der Waals surface area contributed by atoms with Gasteiger partial charge in [-0.15, -0.1) is 10.2 Å². The highest BCUT2D eigenvalue weighted by molar-refractivity contribution is 7.99. The molecule has 8 nitrogen and oxygen atoms in total. The molecule has 2 aliphatic carbocycles. The number of nitrogens with zero attached hydrogens (tertiary/aromatic N) is 6. The summed E-state index contributed by atoms with van der Waals surface area (Å²) in [6.07, 6.45) is 12.1. The molecule has 0 aromatic carbocycles. The van der Waals surface area contributed by atoms with Gasteiger partial charge in [0.2, 0.25) is 11.1 Å². The minimum Gasteiger partial charge on any atom is -0.336 e. The minimum atomic E-state index is 0.217. The Morgan fingerprint density at radius 3 is 2.20 bits per heavy atom. The van der Waals surface area contributed by atoms with Crippen molar-refractivity contribution in [3.8, 4) is 5.95 Å². The number of hydrogen-bond donors (Lipinski definition) is 1. The maximum absolute atomic E-state index is 13.3. The van der Waals surface area contributed by atoms with Crippen LogP contribution < -0.4 is 5.84 Å². The lowest BCUT2D eigenvalue weighted by Crippen LogP contribution is -2.49. The molecule has 4 rings (SSSR count). The van der Waals surface area contributed by atoms with Crippen LogP contribution in [0.4, 0.5) is 0 Å². The summed E-state index contributed by atoms with van der Waals surface area (Å²) in [7, 11) is 0. The Labute approximate surface area is 182 Å². The van der Waals surface area contributed by atoms with E-state index >= 15 is 0 Å². The van der Waals surface area contributed by atoms with Crippen LogP contribution in [-0.2, 0) is 4.79 Å². The molecule has 30 heavy (non-hydrogen) atoms. The summed E-state index contributed by atoms with van der Waals surface area (Å²) in [4.78, 5) is 15.6. The van der Waals surface area contributed by atoms with Gasteiger partial charge >= 0.3 is 0 Å². The molecule has 2 aromatic rings. The van der Waals surface area contributed by atoms with E-state index in [0.717, 1.165) is 37.1 Å². The van der Waals surface area contributed by atoms with Crippen molar-refractivity contribution in [3.05, 3.63) is 17.5 Å². The van der Waals surface area contributed by atoms with E-state index in [0.29, 0.717) is 28.9 Å². The first-order valence-electron chi connectivity index (χ1n) is 11.2. The SMILES string of the molecule is Cc1cc(C)n(-c2nnc(SCC(=O)N(C3CCCCC3)C3CCCCC3)n2N)n1. The summed E-state index contributed by atoms with van der Waals surface area (Å²) >= 11 is 1.37. The number of amides is 1. The summed E-state index contributed by atoms with van der Waals surface area (Å²) in [5, 5.41) is 13.4. The lowest BCUT2D eigenvalue weighted by atomic mass is 9.88. The average molecular weight is 432 g/mol. The van der Waals surface area contributed by atoms with Crippen LogP contribution in [0.2, 0.25) is 0 Å². The lowest BCUT2D eigenvalue weighted by molar-refractivity contribution is -0.135. The van der Waals surface area contributed by atoms with Gasteiger partial charge in [-0.2, -0.15) is 5.10 Å². The number of nitrogen functional groups attached to an aromatic ring is 1. The molecule has 1 amide bonds. The van der Waals surface area contributed by atoms with Crippen LogP contribution in [0.1, 0.15) is 75.6 Å². The maximum Gasteiger partial charge on any atom is 0.271 e. The van der Waals surface area contributed by atoms with Gasteiger partial charge in [-0.1, -0.05) is 50.3 Å². The molecule has 0 bridgehead atoms. The summed E-state index contributed by atoms with van der Waals surface area (Å²) in [6.45, 7) is 3.89. The smallest absolute Gasteiger partial charge is 0.271 e. The Kier molecular flexibility index (Phi) is 6.65. The zero-order valence-corrected chi connectivity index (χ0v) is 18.9. The third-order valence-electron chi connectivity index (χ3n) is 6.39. The molecule has 2 fully saturated rings. The Hall–Kier alpha value is -2.03. The molecule has 9 heteroatoms. The highest BCUT2D eigenvalue weighted by Gasteiger charge is 2.32. The number of thioether (sulfide) groups is 1. The van der Waals surface area contributed by atoms with Crippen LogP contribution in [0.5, 0.6) is 0 Å². The first-order chi connectivity index (χ1) is 14.5. The molecule has 0 unspecified atom stereocenters. The fourth-order valence-electron chi connectivity index (χ4n) is 4.97. The number of carbonyl (C=O) groups is 1. The zero-order valence-electron chi connectivity index (χ0n) is 18.1. The van der Waals surface area contributed by atoms with Gasteiger partial charge in [0.25, 0.3) is 5.95 Å². The van der Waals surface area contributed by atoms with Gasteiger partial charge in [0.15, 0.2) is 0 Å². The van der Waals surface area contributed by atoms with Crippen molar-refractivity contribution in [2.75, 3.05) is 11.6 Å². The van der Waals surface area contributed by atoms with E-state index in [2.05, 4.69) is 20.2 Å².